The lowest BCUT2D eigenvalue weighted by molar-refractivity contribution is -0.119. The van der Waals surface area contributed by atoms with Crippen LogP contribution < -0.4 is 20.5 Å². The van der Waals surface area contributed by atoms with E-state index in [1.807, 2.05) is 24.4 Å². The van der Waals surface area contributed by atoms with E-state index in [9.17, 15) is 9.59 Å². The molecule has 0 fully saturated rings. The topological polar surface area (TPSA) is 108 Å². The number of nitrogens with one attached hydrogen (secondary N) is 1. The monoisotopic (exact) mass is 390 g/mol. The highest BCUT2D eigenvalue weighted by atomic mass is 32.2. The highest BCUT2D eigenvalue weighted by molar-refractivity contribution is 7.99. The van der Waals surface area contributed by atoms with E-state index in [-0.39, 0.29) is 12.3 Å². The zero-order chi connectivity index (χ0) is 19.2. The van der Waals surface area contributed by atoms with E-state index in [1.165, 1.54) is 0 Å². The third-order valence-corrected chi connectivity index (χ3v) is 5.09. The summed E-state index contributed by atoms with van der Waals surface area (Å²) >= 11 is 1.58. The Morgan fingerprint density at radius 1 is 1.30 bits per heavy atom. The van der Waals surface area contributed by atoms with Gasteiger partial charge in [-0.2, -0.15) is 0 Å². The number of hydrogen-bond acceptors (Lipinski definition) is 6. The van der Waals surface area contributed by atoms with Crippen LogP contribution >= 0.6 is 11.8 Å². The number of aromatic nitrogens is 2. The second kappa shape index (κ2) is 8.81. The van der Waals surface area contributed by atoms with Crippen molar-refractivity contribution in [2.75, 3.05) is 19.0 Å². The quantitative estimate of drug-likeness (QED) is 0.555. The molecule has 2 aromatic rings. The van der Waals surface area contributed by atoms with Gasteiger partial charge in [-0.25, -0.2) is 9.78 Å². The molecule has 0 spiro atoms. The van der Waals surface area contributed by atoms with Gasteiger partial charge in [0.1, 0.15) is 13.2 Å². The molecule has 0 saturated heterocycles. The summed E-state index contributed by atoms with van der Waals surface area (Å²) in [6.07, 6.45) is 2.72. The third kappa shape index (κ3) is 4.73. The Hall–Kier alpha value is -2.68. The fraction of sp³-hybridized carbons (Fsp3) is 0.389. The minimum atomic E-state index is -0.821. The number of amides is 3. The van der Waals surface area contributed by atoms with Gasteiger partial charge in [-0.05, 0) is 31.5 Å². The van der Waals surface area contributed by atoms with E-state index in [2.05, 4.69) is 21.8 Å². The third-order valence-electron chi connectivity index (χ3n) is 4.02. The van der Waals surface area contributed by atoms with Crippen LogP contribution in [0.5, 0.6) is 11.5 Å². The van der Waals surface area contributed by atoms with Gasteiger partial charge in [0.05, 0.1) is 11.9 Å². The Bertz CT molecular complexity index is 837. The van der Waals surface area contributed by atoms with Crippen LogP contribution in [-0.4, -0.2) is 40.5 Å². The number of imidazole rings is 1. The molecular formula is C18H22N4O4S. The summed E-state index contributed by atoms with van der Waals surface area (Å²) in [7, 11) is 0. The molecule has 2 heterocycles. The van der Waals surface area contributed by atoms with Crippen LogP contribution in [0.3, 0.4) is 0 Å². The molecule has 0 aliphatic carbocycles. The van der Waals surface area contributed by atoms with Crippen molar-refractivity contribution in [3.63, 3.8) is 0 Å². The molecule has 3 amide bonds. The summed E-state index contributed by atoms with van der Waals surface area (Å²) < 4.78 is 13.4. The highest BCUT2D eigenvalue weighted by Gasteiger charge is 2.16. The number of urea groups is 1. The van der Waals surface area contributed by atoms with E-state index in [0.29, 0.717) is 25.4 Å². The van der Waals surface area contributed by atoms with Gasteiger partial charge >= 0.3 is 6.03 Å². The number of benzene rings is 1. The van der Waals surface area contributed by atoms with Gasteiger partial charge in [0.2, 0.25) is 5.91 Å². The number of thioether (sulfide) groups is 1. The number of rotatable bonds is 7. The van der Waals surface area contributed by atoms with Crippen LogP contribution in [0.15, 0.2) is 29.6 Å². The van der Waals surface area contributed by atoms with Gasteiger partial charge in [-0.1, -0.05) is 11.8 Å². The van der Waals surface area contributed by atoms with Gasteiger partial charge in [-0.15, -0.1) is 0 Å². The fourth-order valence-electron chi connectivity index (χ4n) is 2.81. The number of nitrogens with two attached hydrogens (primary N) is 1. The molecule has 0 unspecified atom stereocenters. The zero-order valence-electron chi connectivity index (χ0n) is 15.1. The maximum absolute atomic E-state index is 11.4. The molecule has 0 bridgehead atoms. The standard InChI is InChI=1S/C18H22N4O4S/c1-2-22-13(12-5-6-14-15(10-12)26-8-7-25-14)11-20-18(22)27-9-3-4-16(23)21-17(19)24/h5-6,10-11H,2-4,7-9H2,1H3,(H3,19,21,23,24). The molecule has 3 rings (SSSR count). The van der Waals surface area contributed by atoms with E-state index in [0.717, 1.165) is 34.5 Å². The zero-order valence-corrected chi connectivity index (χ0v) is 15.9. The first-order valence-electron chi connectivity index (χ1n) is 8.76. The molecule has 1 aliphatic heterocycles. The molecule has 8 nitrogen and oxygen atoms in total. The lowest BCUT2D eigenvalue weighted by atomic mass is 10.1. The summed E-state index contributed by atoms with van der Waals surface area (Å²) in [5.41, 5.74) is 6.94. The molecular weight excluding hydrogens is 368 g/mol. The maximum Gasteiger partial charge on any atom is 0.318 e. The van der Waals surface area contributed by atoms with Crippen LogP contribution in [0.25, 0.3) is 11.3 Å². The first-order valence-corrected chi connectivity index (χ1v) is 9.74. The van der Waals surface area contributed by atoms with Gasteiger partial charge in [0, 0.05) is 24.3 Å². The van der Waals surface area contributed by atoms with Crippen LogP contribution in [0.1, 0.15) is 19.8 Å². The Kier molecular flexibility index (Phi) is 6.23. The SMILES string of the molecule is CCn1c(-c2ccc3c(c2)OCCO3)cnc1SCCCC(=O)NC(N)=O. The summed E-state index contributed by atoms with van der Waals surface area (Å²) in [6.45, 7) is 3.95. The van der Waals surface area contributed by atoms with Crippen molar-refractivity contribution >= 4 is 23.7 Å². The number of hydrogen-bond donors (Lipinski definition) is 2. The largest absolute Gasteiger partial charge is 0.486 e. The van der Waals surface area contributed by atoms with Gasteiger partial charge in [0.15, 0.2) is 16.7 Å². The van der Waals surface area contributed by atoms with Gasteiger partial charge in [-0.3, -0.25) is 10.1 Å². The number of nitrogens with zero attached hydrogens (tertiary/aromatic N) is 2. The van der Waals surface area contributed by atoms with Crippen molar-refractivity contribution in [3.8, 4) is 22.8 Å². The van der Waals surface area contributed by atoms with Crippen molar-refractivity contribution < 1.29 is 19.1 Å². The smallest absolute Gasteiger partial charge is 0.318 e. The average molecular weight is 390 g/mol. The number of primary amides is 1. The predicted molar refractivity (Wildman–Crippen MR) is 102 cm³/mol. The van der Waals surface area contributed by atoms with Crippen molar-refractivity contribution in [2.24, 2.45) is 5.73 Å². The number of imide groups is 1. The van der Waals surface area contributed by atoms with E-state index in [1.54, 1.807) is 11.8 Å². The average Bonchev–Trinajstić information content (AvgIpc) is 3.07. The Morgan fingerprint density at radius 3 is 2.81 bits per heavy atom. The summed E-state index contributed by atoms with van der Waals surface area (Å²) in [4.78, 5) is 26.6. The van der Waals surface area contributed by atoms with E-state index < -0.39 is 6.03 Å². The van der Waals surface area contributed by atoms with Crippen LogP contribution in [0.2, 0.25) is 0 Å². The van der Waals surface area contributed by atoms with Crippen molar-refractivity contribution in [1.29, 1.82) is 0 Å². The number of carbonyl (C=O) groups excluding carboxylic acids is 2. The number of fused-ring (bicyclic) bond motifs is 1. The first-order chi connectivity index (χ1) is 13.1. The maximum atomic E-state index is 11.4. The lowest BCUT2D eigenvalue weighted by Crippen LogP contribution is -2.34. The molecule has 144 valence electrons. The fourth-order valence-corrected chi connectivity index (χ4v) is 3.79. The normalized spacial score (nSPS) is 12.6. The molecule has 0 radical (unpaired) electrons. The Labute approximate surface area is 161 Å². The summed E-state index contributed by atoms with van der Waals surface area (Å²) in [5.74, 6) is 1.86. The minimum Gasteiger partial charge on any atom is -0.486 e. The van der Waals surface area contributed by atoms with Gasteiger partial charge < -0.3 is 19.8 Å². The first kappa shape index (κ1) is 19.1. The summed E-state index contributed by atoms with van der Waals surface area (Å²) in [6, 6.07) is 5.07. The van der Waals surface area contributed by atoms with Crippen molar-refractivity contribution in [1.82, 2.24) is 14.9 Å². The molecule has 0 saturated carbocycles. The summed E-state index contributed by atoms with van der Waals surface area (Å²) in [5, 5.41) is 2.95. The number of ether oxygens (including phenoxy) is 2. The van der Waals surface area contributed by atoms with E-state index in [4.69, 9.17) is 15.2 Å². The van der Waals surface area contributed by atoms with E-state index >= 15 is 0 Å². The second-order valence-electron chi connectivity index (χ2n) is 5.89. The van der Waals surface area contributed by atoms with Crippen LogP contribution in [0.4, 0.5) is 4.79 Å². The molecule has 9 heteroatoms. The second-order valence-corrected chi connectivity index (χ2v) is 6.96. The molecule has 1 aromatic carbocycles. The van der Waals surface area contributed by atoms with Crippen LogP contribution in [0, 0.1) is 0 Å². The molecule has 3 N–H and O–H groups in total. The molecule has 1 aliphatic rings. The van der Waals surface area contributed by atoms with Gasteiger partial charge in [0.25, 0.3) is 0 Å². The lowest BCUT2D eigenvalue weighted by Gasteiger charge is -2.19. The van der Waals surface area contributed by atoms with Crippen molar-refractivity contribution in [3.05, 3.63) is 24.4 Å². The molecule has 27 heavy (non-hydrogen) atoms. The Morgan fingerprint density at radius 2 is 2.07 bits per heavy atom. The molecule has 0 atom stereocenters. The van der Waals surface area contributed by atoms with Crippen molar-refractivity contribution in [2.45, 2.75) is 31.5 Å². The molecule has 1 aromatic heterocycles. The van der Waals surface area contributed by atoms with Crippen LogP contribution in [-0.2, 0) is 11.3 Å². The minimum absolute atomic E-state index is 0.248. The highest BCUT2D eigenvalue weighted by Crippen LogP contribution is 2.35. The predicted octanol–water partition coefficient (Wildman–Crippen LogP) is 2.41. The number of carbonyl (C=O) groups is 2. The Balaban J connectivity index is 1.65.